The molecule has 1 atom stereocenters. The second-order valence-corrected chi connectivity index (χ2v) is 6.66. The van der Waals surface area contributed by atoms with Gasteiger partial charge in [0.2, 0.25) is 0 Å². The molecule has 2 amide bonds. The number of carbonyl (C=O) groups is 3. The quantitative estimate of drug-likeness (QED) is 0.572. The van der Waals surface area contributed by atoms with Crippen LogP contribution in [-0.2, 0) is 14.3 Å². The van der Waals surface area contributed by atoms with Crippen molar-refractivity contribution < 1.29 is 28.8 Å². The first kappa shape index (κ1) is 21.9. The molecule has 29 heavy (non-hydrogen) atoms. The molecule has 8 nitrogen and oxygen atoms in total. The van der Waals surface area contributed by atoms with Crippen molar-refractivity contribution in [3.63, 3.8) is 0 Å². The second kappa shape index (κ2) is 10.2. The Morgan fingerprint density at radius 2 is 1.55 bits per heavy atom. The molecule has 8 heteroatoms. The lowest BCUT2D eigenvalue weighted by molar-refractivity contribution is -0.862. The first-order valence-corrected chi connectivity index (χ1v) is 9.06. The monoisotopic (exact) mass is 400 g/mol. The standard InChI is InChI=1S/C21H25N3O5/c1-14-5-6-15(21(27)29-4)11-18(14)23-20(26)13-24(2)12-19(25)22-16-7-9-17(28-3)10-8-16/h5-11H,12-13H2,1-4H3,(H,22,25)(H,23,26)/p+1. The van der Waals surface area contributed by atoms with Gasteiger partial charge in [0.15, 0.2) is 13.1 Å². The lowest BCUT2D eigenvalue weighted by Crippen LogP contribution is -3.11. The fourth-order valence-corrected chi connectivity index (χ4v) is 2.69. The molecule has 0 aliphatic carbocycles. The molecule has 0 aliphatic heterocycles. The number of aryl methyl sites for hydroxylation is 1. The zero-order valence-electron chi connectivity index (χ0n) is 17.0. The number of likely N-dealkylation sites (N-methyl/N-ethyl adjacent to an activating group) is 1. The molecule has 2 aromatic carbocycles. The molecule has 154 valence electrons. The Balaban J connectivity index is 1.88. The Morgan fingerprint density at radius 3 is 2.14 bits per heavy atom. The summed E-state index contributed by atoms with van der Waals surface area (Å²) in [4.78, 5) is 36.9. The van der Waals surface area contributed by atoms with Gasteiger partial charge in [-0.3, -0.25) is 9.59 Å². The molecule has 0 saturated carbocycles. The van der Waals surface area contributed by atoms with Gasteiger partial charge in [0.05, 0.1) is 26.8 Å². The fourth-order valence-electron chi connectivity index (χ4n) is 2.69. The molecule has 0 saturated heterocycles. The van der Waals surface area contributed by atoms with Crippen molar-refractivity contribution in [2.45, 2.75) is 6.92 Å². The summed E-state index contributed by atoms with van der Waals surface area (Å²) in [6.07, 6.45) is 0. The van der Waals surface area contributed by atoms with Crippen LogP contribution in [0.25, 0.3) is 0 Å². The Kier molecular flexibility index (Phi) is 7.73. The highest BCUT2D eigenvalue weighted by Crippen LogP contribution is 2.17. The summed E-state index contributed by atoms with van der Waals surface area (Å²) in [6, 6.07) is 11.9. The number of carbonyl (C=O) groups excluding carboxylic acids is 3. The summed E-state index contributed by atoms with van der Waals surface area (Å²) < 4.78 is 9.78. The number of hydrogen-bond donors (Lipinski definition) is 3. The highest BCUT2D eigenvalue weighted by molar-refractivity contribution is 5.96. The minimum Gasteiger partial charge on any atom is -0.497 e. The minimum absolute atomic E-state index is 0.0952. The topological polar surface area (TPSA) is 98.2 Å². The average Bonchev–Trinajstić information content (AvgIpc) is 2.69. The molecular formula is C21H26N3O5+. The van der Waals surface area contributed by atoms with Crippen molar-refractivity contribution in [3.8, 4) is 5.75 Å². The first-order chi connectivity index (χ1) is 13.8. The maximum atomic E-state index is 12.3. The van der Waals surface area contributed by atoms with Gasteiger partial charge in [-0.15, -0.1) is 0 Å². The van der Waals surface area contributed by atoms with E-state index in [2.05, 4.69) is 10.6 Å². The van der Waals surface area contributed by atoms with Crippen molar-refractivity contribution in [2.75, 3.05) is 45.0 Å². The maximum Gasteiger partial charge on any atom is 0.337 e. The number of methoxy groups -OCH3 is 2. The molecule has 0 spiro atoms. The highest BCUT2D eigenvalue weighted by atomic mass is 16.5. The van der Waals surface area contributed by atoms with Gasteiger partial charge >= 0.3 is 5.97 Å². The summed E-state index contributed by atoms with van der Waals surface area (Å²) in [5.74, 6) is -0.235. The third-order valence-corrected chi connectivity index (χ3v) is 4.23. The van der Waals surface area contributed by atoms with Crippen molar-refractivity contribution in [2.24, 2.45) is 0 Å². The van der Waals surface area contributed by atoms with Gasteiger partial charge < -0.3 is 25.0 Å². The number of rotatable bonds is 8. The number of amides is 2. The molecule has 2 rings (SSSR count). The molecule has 1 unspecified atom stereocenters. The summed E-state index contributed by atoms with van der Waals surface area (Å²) in [7, 11) is 4.63. The summed E-state index contributed by atoms with van der Waals surface area (Å²) in [6.45, 7) is 2.05. The Morgan fingerprint density at radius 1 is 0.931 bits per heavy atom. The van der Waals surface area contributed by atoms with Crippen LogP contribution in [-0.4, -0.2) is 52.1 Å². The lowest BCUT2D eigenvalue weighted by atomic mass is 10.1. The molecule has 0 bridgehead atoms. The summed E-state index contributed by atoms with van der Waals surface area (Å²) >= 11 is 0. The van der Waals surface area contributed by atoms with E-state index in [0.29, 0.717) is 22.7 Å². The van der Waals surface area contributed by atoms with Gasteiger partial charge in [-0.1, -0.05) is 6.07 Å². The van der Waals surface area contributed by atoms with Crippen molar-refractivity contribution in [3.05, 3.63) is 53.6 Å². The van der Waals surface area contributed by atoms with Crippen LogP contribution in [0.2, 0.25) is 0 Å². The number of anilines is 2. The molecule has 0 heterocycles. The van der Waals surface area contributed by atoms with E-state index in [4.69, 9.17) is 9.47 Å². The smallest absolute Gasteiger partial charge is 0.337 e. The number of hydrogen-bond acceptors (Lipinski definition) is 5. The summed E-state index contributed by atoms with van der Waals surface area (Å²) in [5.41, 5.74) is 2.37. The third kappa shape index (κ3) is 6.62. The van der Waals surface area contributed by atoms with Gasteiger partial charge in [-0.05, 0) is 48.9 Å². The van der Waals surface area contributed by atoms with E-state index in [1.807, 2.05) is 6.92 Å². The molecule has 0 radical (unpaired) electrons. The van der Waals surface area contributed by atoms with Crippen LogP contribution in [0.1, 0.15) is 15.9 Å². The number of ether oxygens (including phenoxy) is 2. The van der Waals surface area contributed by atoms with E-state index < -0.39 is 5.97 Å². The van der Waals surface area contributed by atoms with Gasteiger partial charge in [0.25, 0.3) is 11.8 Å². The largest absolute Gasteiger partial charge is 0.497 e. The zero-order valence-corrected chi connectivity index (χ0v) is 17.0. The van der Waals surface area contributed by atoms with Crippen molar-refractivity contribution in [1.29, 1.82) is 0 Å². The zero-order chi connectivity index (χ0) is 21.4. The predicted molar refractivity (Wildman–Crippen MR) is 109 cm³/mol. The molecule has 0 aliphatic rings. The van der Waals surface area contributed by atoms with Gasteiger partial charge in [0, 0.05) is 11.4 Å². The first-order valence-electron chi connectivity index (χ1n) is 9.06. The van der Waals surface area contributed by atoms with Crippen LogP contribution < -0.4 is 20.3 Å². The van der Waals surface area contributed by atoms with E-state index in [-0.39, 0.29) is 24.9 Å². The van der Waals surface area contributed by atoms with Crippen LogP contribution in [0.5, 0.6) is 5.75 Å². The van der Waals surface area contributed by atoms with Crippen LogP contribution in [0.4, 0.5) is 11.4 Å². The molecule has 0 aromatic heterocycles. The van der Waals surface area contributed by atoms with E-state index in [1.54, 1.807) is 56.6 Å². The van der Waals surface area contributed by atoms with Crippen LogP contribution >= 0.6 is 0 Å². The van der Waals surface area contributed by atoms with Crippen LogP contribution in [0, 0.1) is 6.92 Å². The normalized spacial score (nSPS) is 11.3. The van der Waals surface area contributed by atoms with Crippen LogP contribution in [0.15, 0.2) is 42.5 Å². The minimum atomic E-state index is -0.474. The number of nitrogens with one attached hydrogen (secondary N) is 3. The molecular weight excluding hydrogens is 374 g/mol. The Labute approximate surface area is 169 Å². The molecule has 3 N–H and O–H groups in total. The van der Waals surface area contributed by atoms with E-state index in [1.165, 1.54) is 7.11 Å². The van der Waals surface area contributed by atoms with E-state index >= 15 is 0 Å². The number of quaternary nitrogens is 1. The van der Waals surface area contributed by atoms with E-state index in [9.17, 15) is 14.4 Å². The van der Waals surface area contributed by atoms with Crippen molar-refractivity contribution >= 4 is 29.2 Å². The van der Waals surface area contributed by atoms with Gasteiger partial charge in [-0.2, -0.15) is 0 Å². The molecule has 2 aromatic rings. The fraction of sp³-hybridized carbons (Fsp3) is 0.286. The van der Waals surface area contributed by atoms with Crippen LogP contribution in [0.3, 0.4) is 0 Å². The number of benzene rings is 2. The predicted octanol–water partition coefficient (Wildman–Crippen LogP) is 0.882. The average molecular weight is 400 g/mol. The number of esters is 1. The molecule has 0 fully saturated rings. The summed E-state index contributed by atoms with van der Waals surface area (Å²) in [5, 5.41) is 5.57. The highest BCUT2D eigenvalue weighted by Gasteiger charge is 2.16. The SMILES string of the molecule is COC(=O)c1ccc(C)c(NC(=O)C[NH+](C)CC(=O)Nc2ccc(OC)cc2)c1. The lowest BCUT2D eigenvalue weighted by Gasteiger charge is -2.15. The van der Waals surface area contributed by atoms with E-state index in [0.717, 1.165) is 10.5 Å². The third-order valence-electron chi connectivity index (χ3n) is 4.23. The van der Waals surface area contributed by atoms with Crippen molar-refractivity contribution in [1.82, 2.24) is 0 Å². The van der Waals surface area contributed by atoms with Gasteiger partial charge in [0.1, 0.15) is 5.75 Å². The Bertz CT molecular complexity index is 880. The Hall–Kier alpha value is -3.39. The second-order valence-electron chi connectivity index (χ2n) is 6.66. The maximum absolute atomic E-state index is 12.3. The van der Waals surface area contributed by atoms with Gasteiger partial charge in [-0.25, -0.2) is 4.79 Å².